The Morgan fingerprint density at radius 1 is 0.963 bits per heavy atom. The molecule has 0 aliphatic carbocycles. The number of hydrogen-bond acceptors (Lipinski definition) is 10. The van der Waals surface area contributed by atoms with E-state index in [1.54, 1.807) is 37.7 Å². The van der Waals surface area contributed by atoms with Gasteiger partial charge in [0.1, 0.15) is 6.04 Å². The van der Waals surface area contributed by atoms with Gasteiger partial charge in [-0.15, -0.1) is 0 Å². The minimum Gasteiger partial charge on any atom is -0.386 e. The van der Waals surface area contributed by atoms with Crippen molar-refractivity contribution < 1.29 is 38.7 Å². The number of nitro benzene ring substituents is 1. The van der Waals surface area contributed by atoms with Crippen molar-refractivity contribution in [3.63, 3.8) is 0 Å². The number of carbonyl (C=O) groups excluding carboxylic acids is 4. The van der Waals surface area contributed by atoms with E-state index in [1.807, 2.05) is 41.5 Å². The predicted octanol–water partition coefficient (Wildman–Crippen LogP) is 3.44. The van der Waals surface area contributed by atoms with Crippen LogP contribution >= 0.6 is 0 Å². The minimum atomic E-state index is -1.11. The first-order chi connectivity index (χ1) is 25.4. The van der Waals surface area contributed by atoms with Crippen molar-refractivity contribution >= 4 is 29.3 Å². The number of aliphatic hydroxyl groups is 1. The van der Waals surface area contributed by atoms with Crippen LogP contribution in [0.2, 0.25) is 0 Å². The number of carbonyl (C=O) groups is 4. The number of ether oxygens (including phenoxy) is 2. The van der Waals surface area contributed by atoms with Gasteiger partial charge < -0.3 is 40.3 Å². The number of non-ortho nitro benzene ring substituents is 1. The van der Waals surface area contributed by atoms with E-state index in [-0.39, 0.29) is 53.5 Å². The Balaban J connectivity index is 2.23. The summed E-state index contributed by atoms with van der Waals surface area (Å²) in [7, 11) is 6.46. The monoisotopic (exact) mass is 762 g/mol. The fourth-order valence-corrected chi connectivity index (χ4v) is 7.57. The molecule has 0 bridgehead atoms. The number of hydrogen-bond donors (Lipinski definition) is 4. The van der Waals surface area contributed by atoms with Gasteiger partial charge in [0.25, 0.3) is 5.69 Å². The summed E-state index contributed by atoms with van der Waals surface area (Å²) in [5.41, 5.74) is 0.318. The van der Waals surface area contributed by atoms with E-state index in [0.29, 0.717) is 31.4 Å². The van der Waals surface area contributed by atoms with Gasteiger partial charge in [0.05, 0.1) is 59.7 Å². The Morgan fingerprint density at radius 3 is 2.04 bits per heavy atom. The molecule has 0 spiro atoms. The second-order valence-electron chi connectivity index (χ2n) is 15.4. The van der Waals surface area contributed by atoms with E-state index in [1.165, 1.54) is 38.5 Å². The van der Waals surface area contributed by atoms with E-state index in [4.69, 9.17) is 9.47 Å². The number of benzene rings is 1. The number of likely N-dealkylation sites (tertiary alicyclic amines) is 1. The molecule has 1 aromatic carbocycles. The third-order valence-corrected chi connectivity index (χ3v) is 11.0. The standard InChI is InChI=1S/C39H66N6O9/c1-13-24(6)34(43(10)39(50)33(23(4)5)42-38(49)32(40-9)22(2)3)30(53-11)21-31(46)44-20-14-15-29(44)36(54-12)25(7)37(48)41-26(8)35(47)27-16-18-28(19-17-27)45(51)52/h16-19,22-26,29-30,32-36,40,47H,13-15,20-21H2,1-12H3,(H,41,48)(H,42,49)/t24-,25+,26+,29-,30+,32-,33-,34-,35?,36+/m0/s1. The van der Waals surface area contributed by atoms with Gasteiger partial charge in [-0.2, -0.15) is 0 Å². The van der Waals surface area contributed by atoms with Crippen LogP contribution in [0.4, 0.5) is 5.69 Å². The SMILES string of the molecule is CC[C@H](C)[C@@H]([C@@H](CC(=O)N1CCC[C@H]1[C@H](OC)[C@@H](C)C(=O)N[C@H](C)C(O)c1ccc([N+](=O)[O-])cc1)OC)N(C)C(=O)[C@@H](NC(=O)[C@@H](NC)C(C)C)C(C)C. The molecule has 0 saturated carbocycles. The maximum Gasteiger partial charge on any atom is 0.269 e. The zero-order valence-electron chi connectivity index (χ0n) is 34.3. The lowest BCUT2D eigenvalue weighted by Gasteiger charge is -2.41. The van der Waals surface area contributed by atoms with Crippen LogP contribution in [0.5, 0.6) is 0 Å². The number of aliphatic hydroxyl groups excluding tert-OH is 1. The second-order valence-corrected chi connectivity index (χ2v) is 15.4. The number of rotatable bonds is 21. The summed E-state index contributed by atoms with van der Waals surface area (Å²) in [4.78, 5) is 68.8. The summed E-state index contributed by atoms with van der Waals surface area (Å²) in [5, 5.41) is 30.7. The lowest BCUT2D eigenvalue weighted by Crippen LogP contribution is -2.59. The maximum atomic E-state index is 14.1. The largest absolute Gasteiger partial charge is 0.386 e. The van der Waals surface area contributed by atoms with Crippen molar-refractivity contribution in [1.29, 1.82) is 0 Å². The van der Waals surface area contributed by atoms with Crippen LogP contribution in [-0.4, -0.2) is 121 Å². The molecule has 1 aliphatic heterocycles. The molecule has 306 valence electrons. The quantitative estimate of drug-likeness (QED) is 0.107. The van der Waals surface area contributed by atoms with Crippen LogP contribution < -0.4 is 16.0 Å². The van der Waals surface area contributed by atoms with E-state index < -0.39 is 59.4 Å². The molecule has 0 aromatic heterocycles. The molecule has 54 heavy (non-hydrogen) atoms. The molecule has 2 rings (SSSR count). The smallest absolute Gasteiger partial charge is 0.269 e. The Hall–Kier alpha value is -3.66. The van der Waals surface area contributed by atoms with E-state index in [2.05, 4.69) is 16.0 Å². The zero-order chi connectivity index (χ0) is 41.0. The van der Waals surface area contributed by atoms with E-state index in [0.717, 1.165) is 0 Å². The van der Waals surface area contributed by atoms with Gasteiger partial charge in [0.2, 0.25) is 23.6 Å². The highest BCUT2D eigenvalue weighted by Gasteiger charge is 2.43. The molecule has 10 atom stereocenters. The van der Waals surface area contributed by atoms with Gasteiger partial charge in [-0.05, 0) is 62.3 Å². The van der Waals surface area contributed by atoms with Crippen LogP contribution in [0.15, 0.2) is 24.3 Å². The van der Waals surface area contributed by atoms with Crippen LogP contribution in [-0.2, 0) is 28.7 Å². The van der Waals surface area contributed by atoms with Gasteiger partial charge in [-0.3, -0.25) is 29.3 Å². The van der Waals surface area contributed by atoms with Crippen LogP contribution in [0.1, 0.15) is 92.7 Å². The summed E-state index contributed by atoms with van der Waals surface area (Å²) < 4.78 is 11.9. The maximum absolute atomic E-state index is 14.1. The average molecular weight is 763 g/mol. The molecular weight excluding hydrogens is 696 g/mol. The summed E-state index contributed by atoms with van der Waals surface area (Å²) in [5.74, 6) is -1.99. The average Bonchev–Trinajstić information content (AvgIpc) is 3.62. The number of methoxy groups -OCH3 is 2. The topological polar surface area (TPSA) is 193 Å². The number of likely N-dealkylation sites (N-methyl/N-ethyl adjacent to an activating group) is 2. The normalized spacial score (nSPS) is 19.6. The Labute approximate surface area is 321 Å². The Morgan fingerprint density at radius 2 is 1.56 bits per heavy atom. The number of amides is 4. The Bertz CT molecular complexity index is 1390. The first kappa shape index (κ1) is 46.5. The number of nitro groups is 1. The molecule has 1 heterocycles. The van der Waals surface area contributed by atoms with Crippen molar-refractivity contribution in [2.75, 3.05) is 34.9 Å². The molecule has 4 N–H and O–H groups in total. The lowest BCUT2D eigenvalue weighted by atomic mass is 9.89. The summed E-state index contributed by atoms with van der Waals surface area (Å²) >= 11 is 0. The summed E-state index contributed by atoms with van der Waals surface area (Å²) in [6.45, 7) is 15.5. The van der Waals surface area contributed by atoms with Crippen LogP contribution in [0, 0.1) is 33.8 Å². The Kier molecular flexibility index (Phi) is 18.5. The van der Waals surface area contributed by atoms with Crippen molar-refractivity contribution in [2.24, 2.45) is 23.7 Å². The van der Waals surface area contributed by atoms with Crippen molar-refractivity contribution in [1.82, 2.24) is 25.8 Å². The fourth-order valence-electron chi connectivity index (χ4n) is 7.57. The van der Waals surface area contributed by atoms with Crippen LogP contribution in [0.25, 0.3) is 0 Å². The lowest BCUT2D eigenvalue weighted by molar-refractivity contribution is -0.384. The first-order valence-corrected chi connectivity index (χ1v) is 19.2. The first-order valence-electron chi connectivity index (χ1n) is 19.2. The summed E-state index contributed by atoms with van der Waals surface area (Å²) in [6.07, 6.45) is -0.388. The second kappa shape index (κ2) is 21.4. The molecule has 1 aromatic rings. The van der Waals surface area contributed by atoms with Gasteiger partial charge in [-0.1, -0.05) is 54.9 Å². The number of nitrogens with zero attached hydrogens (tertiary/aromatic N) is 3. The van der Waals surface area contributed by atoms with Gasteiger partial charge in [0, 0.05) is 39.9 Å². The van der Waals surface area contributed by atoms with E-state index >= 15 is 0 Å². The van der Waals surface area contributed by atoms with Crippen molar-refractivity contribution in [3.8, 4) is 0 Å². The zero-order valence-corrected chi connectivity index (χ0v) is 34.3. The van der Waals surface area contributed by atoms with E-state index in [9.17, 15) is 34.4 Å². The molecule has 1 saturated heterocycles. The highest BCUT2D eigenvalue weighted by atomic mass is 16.6. The third-order valence-electron chi connectivity index (χ3n) is 11.0. The predicted molar refractivity (Wildman–Crippen MR) is 206 cm³/mol. The van der Waals surface area contributed by atoms with Gasteiger partial charge in [0.15, 0.2) is 0 Å². The third kappa shape index (κ3) is 11.7. The van der Waals surface area contributed by atoms with Crippen LogP contribution in [0.3, 0.4) is 0 Å². The summed E-state index contributed by atoms with van der Waals surface area (Å²) in [6, 6.07) is 2.66. The van der Waals surface area contributed by atoms with Gasteiger partial charge >= 0.3 is 0 Å². The van der Waals surface area contributed by atoms with Crippen molar-refractivity contribution in [3.05, 3.63) is 39.9 Å². The minimum absolute atomic E-state index is 0.0109. The molecule has 15 nitrogen and oxygen atoms in total. The highest BCUT2D eigenvalue weighted by molar-refractivity contribution is 5.90. The molecule has 4 amide bonds. The molecular formula is C39H66N6O9. The molecule has 1 fully saturated rings. The molecule has 1 unspecified atom stereocenters. The molecule has 1 aliphatic rings. The molecule has 15 heteroatoms. The fraction of sp³-hybridized carbons (Fsp3) is 0.744. The van der Waals surface area contributed by atoms with Gasteiger partial charge in [-0.25, -0.2) is 0 Å². The van der Waals surface area contributed by atoms with Crippen molar-refractivity contribution in [2.45, 2.75) is 130 Å². The number of nitrogens with one attached hydrogen (secondary N) is 3. The highest BCUT2D eigenvalue weighted by Crippen LogP contribution is 2.30. The molecule has 0 radical (unpaired) electrons.